The highest BCUT2D eigenvalue weighted by atomic mass is 35.5. The van der Waals surface area contributed by atoms with Crippen molar-refractivity contribution in [3.8, 4) is 0 Å². The first-order chi connectivity index (χ1) is 9.15. The first-order valence-electron chi connectivity index (χ1n) is 7.34. The van der Waals surface area contributed by atoms with Crippen LogP contribution in [-0.2, 0) is 6.54 Å². The lowest BCUT2D eigenvalue weighted by molar-refractivity contribution is 0.248. The number of hydrogen-bond acceptors (Lipinski definition) is 2. The Morgan fingerprint density at radius 1 is 1.37 bits per heavy atom. The molecule has 1 unspecified atom stereocenters. The summed E-state index contributed by atoms with van der Waals surface area (Å²) in [7, 11) is 0. The average molecular weight is 281 g/mol. The molecule has 19 heavy (non-hydrogen) atoms. The van der Waals surface area contributed by atoms with Crippen LogP contribution in [0.2, 0.25) is 5.02 Å². The van der Waals surface area contributed by atoms with Crippen LogP contribution in [-0.4, -0.2) is 30.6 Å². The highest BCUT2D eigenvalue weighted by molar-refractivity contribution is 6.31. The van der Waals surface area contributed by atoms with Gasteiger partial charge in [0, 0.05) is 24.2 Å². The lowest BCUT2D eigenvalue weighted by Crippen LogP contribution is -2.38. The fourth-order valence-electron chi connectivity index (χ4n) is 2.81. The summed E-state index contributed by atoms with van der Waals surface area (Å²) in [5, 5.41) is 4.56. The molecule has 1 aromatic rings. The van der Waals surface area contributed by atoms with Gasteiger partial charge in [0.15, 0.2) is 0 Å². The van der Waals surface area contributed by atoms with Crippen LogP contribution in [0.4, 0.5) is 0 Å². The van der Waals surface area contributed by atoms with Crippen LogP contribution >= 0.6 is 11.6 Å². The second-order valence-corrected chi connectivity index (χ2v) is 6.37. The van der Waals surface area contributed by atoms with Gasteiger partial charge in [0.05, 0.1) is 0 Å². The van der Waals surface area contributed by atoms with Gasteiger partial charge in [-0.2, -0.15) is 0 Å². The molecule has 1 atom stereocenters. The molecule has 1 heterocycles. The average Bonchev–Trinajstić information content (AvgIpc) is 2.57. The van der Waals surface area contributed by atoms with Crippen LogP contribution in [0, 0.1) is 5.92 Å². The van der Waals surface area contributed by atoms with Crippen molar-refractivity contribution >= 4 is 11.6 Å². The van der Waals surface area contributed by atoms with Crippen LogP contribution in [0.5, 0.6) is 0 Å². The Morgan fingerprint density at radius 2 is 2.16 bits per heavy atom. The van der Waals surface area contributed by atoms with Crippen molar-refractivity contribution in [1.82, 2.24) is 10.2 Å². The van der Waals surface area contributed by atoms with E-state index in [4.69, 9.17) is 11.6 Å². The molecule has 0 radical (unpaired) electrons. The van der Waals surface area contributed by atoms with Crippen molar-refractivity contribution in [2.24, 2.45) is 5.92 Å². The molecule has 0 amide bonds. The Balaban J connectivity index is 1.97. The SMILES string of the molecule is CC(C)CC1CN(Cc2ccccc2Cl)CCCN1. The van der Waals surface area contributed by atoms with Crippen LogP contribution in [0.25, 0.3) is 0 Å². The molecule has 0 saturated carbocycles. The molecule has 0 spiro atoms. The highest BCUT2D eigenvalue weighted by Crippen LogP contribution is 2.18. The zero-order valence-electron chi connectivity index (χ0n) is 12.0. The van der Waals surface area contributed by atoms with Crippen LogP contribution in [0.1, 0.15) is 32.3 Å². The summed E-state index contributed by atoms with van der Waals surface area (Å²) >= 11 is 6.26. The molecular weight excluding hydrogens is 256 g/mol. The Bertz CT molecular complexity index is 392. The third-order valence-corrected chi connectivity index (χ3v) is 4.04. The number of halogens is 1. The van der Waals surface area contributed by atoms with Gasteiger partial charge in [-0.05, 0) is 43.5 Å². The van der Waals surface area contributed by atoms with Gasteiger partial charge < -0.3 is 5.32 Å². The van der Waals surface area contributed by atoms with Gasteiger partial charge in [0.1, 0.15) is 0 Å². The number of rotatable bonds is 4. The van der Waals surface area contributed by atoms with Crippen molar-refractivity contribution in [3.05, 3.63) is 34.9 Å². The van der Waals surface area contributed by atoms with E-state index in [1.54, 1.807) is 0 Å². The molecule has 1 fully saturated rings. The predicted molar refractivity (Wildman–Crippen MR) is 82.6 cm³/mol. The van der Waals surface area contributed by atoms with E-state index in [-0.39, 0.29) is 0 Å². The van der Waals surface area contributed by atoms with Crippen LogP contribution < -0.4 is 5.32 Å². The molecule has 0 bridgehead atoms. The molecule has 0 aliphatic carbocycles. The van der Waals surface area contributed by atoms with Gasteiger partial charge >= 0.3 is 0 Å². The van der Waals surface area contributed by atoms with E-state index in [0.29, 0.717) is 6.04 Å². The van der Waals surface area contributed by atoms with Crippen molar-refractivity contribution in [1.29, 1.82) is 0 Å². The van der Waals surface area contributed by atoms with Crippen molar-refractivity contribution < 1.29 is 0 Å². The van der Waals surface area contributed by atoms with Gasteiger partial charge in [0.2, 0.25) is 0 Å². The third-order valence-electron chi connectivity index (χ3n) is 3.67. The van der Waals surface area contributed by atoms with Gasteiger partial charge in [-0.25, -0.2) is 0 Å². The second-order valence-electron chi connectivity index (χ2n) is 5.96. The molecule has 2 rings (SSSR count). The maximum absolute atomic E-state index is 6.26. The molecule has 106 valence electrons. The second kappa shape index (κ2) is 7.28. The Kier molecular flexibility index (Phi) is 5.68. The van der Waals surface area contributed by atoms with E-state index >= 15 is 0 Å². The highest BCUT2D eigenvalue weighted by Gasteiger charge is 2.19. The molecule has 1 aliphatic rings. The maximum Gasteiger partial charge on any atom is 0.0451 e. The normalized spacial score (nSPS) is 21.6. The van der Waals surface area contributed by atoms with Crippen molar-refractivity contribution in [2.45, 2.75) is 39.3 Å². The van der Waals surface area contributed by atoms with E-state index in [2.05, 4.69) is 36.2 Å². The van der Waals surface area contributed by atoms with E-state index in [1.165, 1.54) is 18.4 Å². The molecular formula is C16H25ClN2. The molecule has 1 N–H and O–H groups in total. The van der Waals surface area contributed by atoms with Crippen LogP contribution in [0.15, 0.2) is 24.3 Å². The molecule has 1 aromatic carbocycles. The minimum Gasteiger partial charge on any atom is -0.313 e. The minimum absolute atomic E-state index is 0.616. The minimum atomic E-state index is 0.616. The van der Waals surface area contributed by atoms with E-state index in [0.717, 1.165) is 37.1 Å². The summed E-state index contributed by atoms with van der Waals surface area (Å²) in [6.07, 6.45) is 2.47. The van der Waals surface area contributed by atoms with Gasteiger partial charge in [-0.15, -0.1) is 0 Å². The molecule has 1 aliphatic heterocycles. The summed E-state index contributed by atoms with van der Waals surface area (Å²) in [5.41, 5.74) is 1.24. The molecule has 1 saturated heterocycles. The monoisotopic (exact) mass is 280 g/mol. The summed E-state index contributed by atoms with van der Waals surface area (Å²) in [5.74, 6) is 0.748. The summed E-state index contributed by atoms with van der Waals surface area (Å²) in [6.45, 7) is 8.98. The van der Waals surface area contributed by atoms with Gasteiger partial charge in [-0.3, -0.25) is 4.90 Å². The third kappa shape index (κ3) is 4.79. The predicted octanol–water partition coefficient (Wildman–Crippen LogP) is 3.55. The van der Waals surface area contributed by atoms with Crippen molar-refractivity contribution in [3.63, 3.8) is 0 Å². The number of nitrogens with one attached hydrogen (secondary N) is 1. The standard InChI is InChI=1S/C16H25ClN2/c1-13(2)10-15-12-19(9-5-8-18-15)11-14-6-3-4-7-16(14)17/h3-4,6-7,13,15,18H,5,8-12H2,1-2H3. The zero-order valence-corrected chi connectivity index (χ0v) is 12.8. The number of nitrogens with zero attached hydrogens (tertiary/aromatic N) is 1. The number of benzene rings is 1. The summed E-state index contributed by atoms with van der Waals surface area (Å²) in [6, 6.07) is 8.81. The number of hydrogen-bond donors (Lipinski definition) is 1. The lowest BCUT2D eigenvalue weighted by Gasteiger charge is -2.25. The maximum atomic E-state index is 6.26. The first kappa shape index (κ1) is 14.8. The zero-order chi connectivity index (χ0) is 13.7. The fraction of sp³-hybridized carbons (Fsp3) is 0.625. The van der Waals surface area contributed by atoms with Crippen molar-refractivity contribution in [2.75, 3.05) is 19.6 Å². The lowest BCUT2D eigenvalue weighted by atomic mass is 10.0. The van der Waals surface area contributed by atoms with E-state index in [1.807, 2.05) is 12.1 Å². The first-order valence-corrected chi connectivity index (χ1v) is 7.72. The quantitative estimate of drug-likeness (QED) is 0.907. The fourth-order valence-corrected chi connectivity index (χ4v) is 3.01. The molecule has 0 aromatic heterocycles. The van der Waals surface area contributed by atoms with Gasteiger partial charge in [0.25, 0.3) is 0 Å². The van der Waals surface area contributed by atoms with Gasteiger partial charge in [-0.1, -0.05) is 43.6 Å². The van der Waals surface area contributed by atoms with Crippen LogP contribution in [0.3, 0.4) is 0 Å². The molecule has 2 nitrogen and oxygen atoms in total. The van der Waals surface area contributed by atoms with E-state index < -0.39 is 0 Å². The largest absolute Gasteiger partial charge is 0.313 e. The topological polar surface area (TPSA) is 15.3 Å². The Labute approximate surface area is 122 Å². The Morgan fingerprint density at radius 3 is 2.89 bits per heavy atom. The molecule has 3 heteroatoms. The van der Waals surface area contributed by atoms with E-state index in [9.17, 15) is 0 Å². The Hall–Kier alpha value is -0.570. The smallest absolute Gasteiger partial charge is 0.0451 e. The summed E-state index contributed by atoms with van der Waals surface area (Å²) < 4.78 is 0. The summed E-state index contributed by atoms with van der Waals surface area (Å²) in [4.78, 5) is 2.54.